The predicted octanol–water partition coefficient (Wildman–Crippen LogP) is 5.04. The molecule has 0 spiro atoms. The van der Waals surface area contributed by atoms with E-state index in [-0.39, 0.29) is 11.7 Å². The van der Waals surface area contributed by atoms with Crippen molar-refractivity contribution >= 4 is 34.6 Å². The zero-order chi connectivity index (χ0) is 18.7. The van der Waals surface area contributed by atoms with E-state index in [4.69, 9.17) is 11.6 Å². The summed E-state index contributed by atoms with van der Waals surface area (Å²) in [6.45, 7) is 0.398. The van der Waals surface area contributed by atoms with E-state index in [9.17, 15) is 14.0 Å². The summed E-state index contributed by atoms with van der Waals surface area (Å²) in [5, 5.41) is 0. The number of thiophene rings is 1. The number of hydrogen-bond acceptors (Lipinski definition) is 3. The number of nitrogens with zero attached hydrogens (tertiary/aromatic N) is 1. The van der Waals surface area contributed by atoms with Crippen LogP contribution in [-0.2, 0) is 6.54 Å². The maximum Gasteiger partial charge on any atom is 0.254 e. The molecular weight excluding hydrogens is 373 g/mol. The van der Waals surface area contributed by atoms with Crippen molar-refractivity contribution in [1.29, 1.82) is 0 Å². The molecular formula is C20H15ClFNO2S. The fourth-order valence-electron chi connectivity index (χ4n) is 2.57. The molecule has 0 fully saturated rings. The van der Waals surface area contributed by atoms with Gasteiger partial charge < -0.3 is 4.90 Å². The highest BCUT2D eigenvalue weighted by Crippen LogP contribution is 2.23. The summed E-state index contributed by atoms with van der Waals surface area (Å²) in [7, 11) is 1.68. The third kappa shape index (κ3) is 4.00. The standard InChI is InChI=1S/C20H15ClFNO2S/c1-23(12-15-10-11-18(21)26-15)20(25)17-5-3-2-4-16(17)19(24)13-6-8-14(22)9-7-13/h2-11H,12H2,1H3. The Bertz CT molecular complexity index is 952. The lowest BCUT2D eigenvalue weighted by Gasteiger charge is -2.18. The maximum atomic E-state index is 13.1. The predicted molar refractivity (Wildman–Crippen MR) is 101 cm³/mol. The number of ketones is 1. The number of rotatable bonds is 5. The molecule has 3 aromatic rings. The van der Waals surface area contributed by atoms with Crippen LogP contribution < -0.4 is 0 Å². The zero-order valence-corrected chi connectivity index (χ0v) is 15.5. The van der Waals surface area contributed by atoms with Crippen LogP contribution in [0.25, 0.3) is 0 Å². The van der Waals surface area contributed by atoms with E-state index >= 15 is 0 Å². The Kier molecular flexibility index (Phi) is 5.49. The van der Waals surface area contributed by atoms with Crippen molar-refractivity contribution in [2.24, 2.45) is 0 Å². The zero-order valence-electron chi connectivity index (χ0n) is 13.9. The molecule has 1 amide bonds. The fraction of sp³-hybridized carbons (Fsp3) is 0.100. The van der Waals surface area contributed by atoms with Gasteiger partial charge in [-0.3, -0.25) is 9.59 Å². The molecule has 132 valence electrons. The van der Waals surface area contributed by atoms with Crippen molar-refractivity contribution in [3.05, 3.63) is 92.4 Å². The number of benzene rings is 2. The first kappa shape index (κ1) is 18.3. The van der Waals surface area contributed by atoms with Gasteiger partial charge in [-0.1, -0.05) is 29.8 Å². The van der Waals surface area contributed by atoms with Crippen LogP contribution in [0.3, 0.4) is 0 Å². The van der Waals surface area contributed by atoms with Crippen molar-refractivity contribution in [2.45, 2.75) is 6.54 Å². The quantitative estimate of drug-likeness (QED) is 0.575. The van der Waals surface area contributed by atoms with Crippen LogP contribution in [-0.4, -0.2) is 23.6 Å². The van der Waals surface area contributed by atoms with E-state index < -0.39 is 5.82 Å². The topological polar surface area (TPSA) is 37.4 Å². The first-order valence-corrected chi connectivity index (χ1v) is 9.04. The Balaban J connectivity index is 1.87. The van der Waals surface area contributed by atoms with Crippen LogP contribution >= 0.6 is 22.9 Å². The molecule has 3 rings (SSSR count). The smallest absolute Gasteiger partial charge is 0.254 e. The Morgan fingerprint density at radius 1 is 1.00 bits per heavy atom. The third-order valence-corrected chi connectivity index (χ3v) is 5.09. The number of carbonyl (C=O) groups is 2. The van der Waals surface area contributed by atoms with Gasteiger partial charge in [0, 0.05) is 23.1 Å². The Hall–Kier alpha value is -2.50. The largest absolute Gasteiger partial charge is 0.337 e. The monoisotopic (exact) mass is 387 g/mol. The number of halogens is 2. The lowest BCUT2D eigenvalue weighted by atomic mass is 9.97. The molecule has 0 aliphatic heterocycles. The van der Waals surface area contributed by atoms with Gasteiger partial charge in [-0.15, -0.1) is 11.3 Å². The minimum atomic E-state index is -0.416. The van der Waals surface area contributed by atoms with Crippen molar-refractivity contribution in [3.63, 3.8) is 0 Å². The summed E-state index contributed by atoms with van der Waals surface area (Å²) < 4.78 is 13.8. The lowest BCUT2D eigenvalue weighted by Crippen LogP contribution is -2.27. The van der Waals surface area contributed by atoms with Crippen molar-refractivity contribution in [1.82, 2.24) is 4.90 Å². The average molecular weight is 388 g/mol. The maximum absolute atomic E-state index is 13.1. The molecule has 6 heteroatoms. The molecule has 0 bridgehead atoms. The third-order valence-electron chi connectivity index (χ3n) is 3.88. The first-order chi connectivity index (χ1) is 12.5. The van der Waals surface area contributed by atoms with E-state index in [1.807, 2.05) is 6.07 Å². The molecule has 0 radical (unpaired) electrons. The normalized spacial score (nSPS) is 10.6. The van der Waals surface area contributed by atoms with Crippen LogP contribution in [0.2, 0.25) is 4.34 Å². The van der Waals surface area contributed by atoms with E-state index in [0.29, 0.717) is 27.6 Å². The number of amides is 1. The molecule has 0 N–H and O–H groups in total. The molecule has 1 aromatic heterocycles. The van der Waals surface area contributed by atoms with Crippen molar-refractivity contribution in [2.75, 3.05) is 7.05 Å². The molecule has 3 nitrogen and oxygen atoms in total. The van der Waals surface area contributed by atoms with Gasteiger partial charge in [-0.2, -0.15) is 0 Å². The fourth-order valence-corrected chi connectivity index (χ4v) is 3.71. The van der Waals surface area contributed by atoms with Gasteiger partial charge in [-0.05, 0) is 42.5 Å². The van der Waals surface area contributed by atoms with E-state index in [1.165, 1.54) is 35.6 Å². The van der Waals surface area contributed by atoms with Gasteiger partial charge in [-0.25, -0.2) is 4.39 Å². The summed E-state index contributed by atoms with van der Waals surface area (Å²) in [5.74, 6) is -0.998. The molecule has 0 saturated carbocycles. The second-order valence-electron chi connectivity index (χ2n) is 5.75. The van der Waals surface area contributed by atoms with Gasteiger partial charge in [0.15, 0.2) is 5.78 Å². The molecule has 0 atom stereocenters. The minimum absolute atomic E-state index is 0.263. The molecule has 0 saturated heterocycles. The Morgan fingerprint density at radius 3 is 2.27 bits per heavy atom. The summed E-state index contributed by atoms with van der Waals surface area (Å²) in [5.41, 5.74) is 0.937. The summed E-state index contributed by atoms with van der Waals surface area (Å²) >= 11 is 7.34. The first-order valence-electron chi connectivity index (χ1n) is 7.84. The average Bonchev–Trinajstić information content (AvgIpc) is 3.06. The van der Waals surface area contributed by atoms with Gasteiger partial charge in [0.25, 0.3) is 5.91 Å². The lowest BCUT2D eigenvalue weighted by molar-refractivity contribution is 0.0782. The highest BCUT2D eigenvalue weighted by Gasteiger charge is 2.21. The van der Waals surface area contributed by atoms with Crippen LogP contribution in [0.1, 0.15) is 31.2 Å². The molecule has 0 unspecified atom stereocenters. The number of carbonyl (C=O) groups excluding carboxylic acids is 2. The van der Waals surface area contributed by atoms with Gasteiger partial charge in [0.2, 0.25) is 0 Å². The SMILES string of the molecule is CN(Cc1ccc(Cl)s1)C(=O)c1ccccc1C(=O)c1ccc(F)cc1. The van der Waals surface area contributed by atoms with Crippen LogP contribution in [0.5, 0.6) is 0 Å². The van der Waals surface area contributed by atoms with Crippen LogP contribution in [0, 0.1) is 5.82 Å². The van der Waals surface area contributed by atoms with Gasteiger partial charge in [0.1, 0.15) is 5.82 Å². The summed E-state index contributed by atoms with van der Waals surface area (Å²) in [6.07, 6.45) is 0. The van der Waals surface area contributed by atoms with E-state index in [1.54, 1.807) is 42.3 Å². The second-order valence-corrected chi connectivity index (χ2v) is 7.55. The molecule has 0 aliphatic carbocycles. The van der Waals surface area contributed by atoms with Crippen molar-refractivity contribution < 1.29 is 14.0 Å². The number of hydrogen-bond donors (Lipinski definition) is 0. The molecule has 26 heavy (non-hydrogen) atoms. The van der Waals surface area contributed by atoms with Crippen LogP contribution in [0.15, 0.2) is 60.7 Å². The molecule has 2 aromatic carbocycles. The van der Waals surface area contributed by atoms with E-state index in [0.717, 1.165) is 4.88 Å². The molecule has 0 aliphatic rings. The summed E-state index contributed by atoms with van der Waals surface area (Å²) in [6, 6.07) is 15.6. The Labute approximate surface area is 159 Å². The van der Waals surface area contributed by atoms with E-state index in [2.05, 4.69) is 0 Å². The summed E-state index contributed by atoms with van der Waals surface area (Å²) in [4.78, 5) is 28.1. The van der Waals surface area contributed by atoms with Crippen LogP contribution in [0.4, 0.5) is 4.39 Å². The highest BCUT2D eigenvalue weighted by molar-refractivity contribution is 7.16. The minimum Gasteiger partial charge on any atom is -0.337 e. The highest BCUT2D eigenvalue weighted by atomic mass is 35.5. The Morgan fingerprint density at radius 2 is 1.65 bits per heavy atom. The van der Waals surface area contributed by atoms with Gasteiger partial charge in [0.05, 0.1) is 16.4 Å². The van der Waals surface area contributed by atoms with Crippen molar-refractivity contribution in [3.8, 4) is 0 Å². The molecule has 1 heterocycles. The van der Waals surface area contributed by atoms with Gasteiger partial charge >= 0.3 is 0 Å². The second kappa shape index (κ2) is 7.81.